The lowest BCUT2D eigenvalue weighted by Gasteiger charge is -2.16. The van der Waals surface area contributed by atoms with Crippen LogP contribution >= 0.6 is 23.2 Å². The van der Waals surface area contributed by atoms with Gasteiger partial charge in [0.05, 0.1) is 22.2 Å². The van der Waals surface area contributed by atoms with E-state index >= 15 is 0 Å². The summed E-state index contributed by atoms with van der Waals surface area (Å²) in [5.74, 6) is -1.59. The van der Waals surface area contributed by atoms with Gasteiger partial charge < -0.3 is 9.29 Å². The number of alkyl halides is 6. The first-order valence-corrected chi connectivity index (χ1v) is 9.67. The molecule has 2 aromatic carbocycles. The summed E-state index contributed by atoms with van der Waals surface area (Å²) in [5, 5.41) is -0.187. The Bertz CT molecular complexity index is 809. The third-order valence-corrected chi connectivity index (χ3v) is 5.59. The van der Waals surface area contributed by atoms with Crippen LogP contribution in [-0.4, -0.2) is 23.1 Å². The fourth-order valence-electron chi connectivity index (χ4n) is 2.16. The number of hydrogen-bond donors (Lipinski definition) is 0. The van der Waals surface area contributed by atoms with E-state index in [2.05, 4.69) is 0 Å². The van der Waals surface area contributed by atoms with Crippen LogP contribution in [0.3, 0.4) is 0 Å². The quantitative estimate of drug-likeness (QED) is 0.370. The van der Waals surface area contributed by atoms with Gasteiger partial charge in [-0.05, 0) is 34.9 Å². The van der Waals surface area contributed by atoms with Gasteiger partial charge in [-0.25, -0.2) is 0 Å². The molecule has 0 bridgehead atoms. The predicted octanol–water partition coefficient (Wildman–Crippen LogP) is 6.30. The van der Waals surface area contributed by atoms with Crippen LogP contribution in [0.1, 0.15) is 11.1 Å². The molecule has 2 rings (SSSR count). The van der Waals surface area contributed by atoms with E-state index < -0.39 is 34.8 Å². The zero-order valence-corrected chi connectivity index (χ0v) is 16.2. The predicted molar refractivity (Wildman–Crippen MR) is 94.4 cm³/mol. The minimum Gasteiger partial charge on any atom is -0.611 e. The van der Waals surface area contributed by atoms with Gasteiger partial charge in [0.2, 0.25) is 5.75 Å². The highest BCUT2D eigenvalue weighted by Crippen LogP contribution is 2.36. The lowest BCUT2D eigenvalue weighted by Crippen LogP contribution is -2.23. The van der Waals surface area contributed by atoms with Crippen molar-refractivity contribution in [2.45, 2.75) is 23.7 Å². The lowest BCUT2D eigenvalue weighted by atomic mass is 10.1. The van der Waals surface area contributed by atoms with Crippen LogP contribution in [0.15, 0.2) is 41.3 Å². The summed E-state index contributed by atoms with van der Waals surface area (Å²) in [7, 11) is 0. The van der Waals surface area contributed by atoms with E-state index in [1.807, 2.05) is 0 Å². The van der Waals surface area contributed by atoms with E-state index in [4.69, 9.17) is 27.9 Å². The van der Waals surface area contributed by atoms with Gasteiger partial charge in [-0.2, -0.15) is 26.3 Å². The SMILES string of the molecule is [O-][S+](CC(F)(F)F)c1cc(OCCc2ccc(C(F)(F)F)cc2)c(Cl)cc1Cl. The molecule has 154 valence electrons. The third kappa shape index (κ3) is 6.65. The van der Waals surface area contributed by atoms with Crippen molar-refractivity contribution in [2.75, 3.05) is 12.4 Å². The van der Waals surface area contributed by atoms with E-state index in [0.717, 1.165) is 24.3 Å². The Morgan fingerprint density at radius 1 is 0.929 bits per heavy atom. The minimum atomic E-state index is -4.64. The van der Waals surface area contributed by atoms with Gasteiger partial charge >= 0.3 is 12.4 Å². The molecule has 0 saturated heterocycles. The van der Waals surface area contributed by atoms with Crippen LogP contribution < -0.4 is 4.74 Å². The number of halogens is 8. The van der Waals surface area contributed by atoms with E-state index in [1.165, 1.54) is 12.1 Å². The van der Waals surface area contributed by atoms with Gasteiger partial charge in [0, 0.05) is 12.5 Å². The molecule has 0 fully saturated rings. The number of hydrogen-bond acceptors (Lipinski definition) is 2. The summed E-state index contributed by atoms with van der Waals surface area (Å²) in [4.78, 5) is -0.270. The van der Waals surface area contributed by atoms with Crippen LogP contribution in [0.2, 0.25) is 10.0 Å². The van der Waals surface area contributed by atoms with E-state index in [-0.39, 0.29) is 33.7 Å². The first-order valence-electron chi connectivity index (χ1n) is 7.60. The maximum absolute atomic E-state index is 12.5. The van der Waals surface area contributed by atoms with Gasteiger partial charge in [-0.15, -0.1) is 0 Å². The van der Waals surface area contributed by atoms with Crippen LogP contribution in [-0.2, 0) is 23.8 Å². The highest BCUT2D eigenvalue weighted by molar-refractivity contribution is 7.91. The van der Waals surface area contributed by atoms with Gasteiger partial charge in [-0.1, -0.05) is 35.3 Å². The number of rotatable bonds is 6. The lowest BCUT2D eigenvalue weighted by molar-refractivity contribution is -0.137. The highest BCUT2D eigenvalue weighted by Gasteiger charge is 2.36. The zero-order chi connectivity index (χ0) is 21.1. The van der Waals surface area contributed by atoms with E-state index in [0.29, 0.717) is 5.56 Å². The summed E-state index contributed by atoms with van der Waals surface area (Å²) < 4.78 is 92.1. The number of ether oxygens (including phenoxy) is 1. The third-order valence-electron chi connectivity index (χ3n) is 3.46. The van der Waals surface area contributed by atoms with Crippen molar-refractivity contribution in [2.24, 2.45) is 0 Å². The van der Waals surface area contributed by atoms with Crippen LogP contribution in [0.4, 0.5) is 26.3 Å². The summed E-state index contributed by atoms with van der Waals surface area (Å²) in [6.07, 6.45) is -8.86. The molecule has 0 aromatic heterocycles. The van der Waals surface area contributed by atoms with Crippen molar-refractivity contribution >= 4 is 34.4 Å². The summed E-state index contributed by atoms with van der Waals surface area (Å²) >= 11 is 9.31. The molecular weight excluding hydrogens is 453 g/mol. The molecule has 0 aliphatic rings. The summed E-state index contributed by atoms with van der Waals surface area (Å²) in [6.45, 7) is -0.0158. The monoisotopic (exact) mass is 464 g/mol. The van der Waals surface area contributed by atoms with Crippen molar-refractivity contribution in [3.63, 3.8) is 0 Å². The molecule has 1 atom stereocenters. The second-order valence-corrected chi connectivity index (χ2v) is 7.85. The fourth-order valence-corrected chi connectivity index (χ4v) is 3.82. The van der Waals surface area contributed by atoms with Crippen LogP contribution in [0, 0.1) is 0 Å². The molecule has 0 aliphatic carbocycles. The van der Waals surface area contributed by atoms with Crippen molar-refractivity contribution in [1.29, 1.82) is 0 Å². The average Bonchev–Trinajstić information content (AvgIpc) is 2.54. The van der Waals surface area contributed by atoms with Crippen molar-refractivity contribution < 1.29 is 35.6 Å². The summed E-state index contributed by atoms with van der Waals surface area (Å²) in [6, 6.07) is 6.64. The Morgan fingerprint density at radius 3 is 2.07 bits per heavy atom. The Hall–Kier alpha value is -1.29. The first-order chi connectivity index (χ1) is 12.9. The maximum Gasteiger partial charge on any atom is 0.433 e. The second kappa shape index (κ2) is 9.02. The normalized spacial score (nSPS) is 13.5. The van der Waals surface area contributed by atoms with Gasteiger partial charge in [-0.3, -0.25) is 0 Å². The first kappa shape index (κ1) is 23.0. The van der Waals surface area contributed by atoms with Crippen LogP contribution in [0.25, 0.3) is 0 Å². The van der Waals surface area contributed by atoms with Crippen molar-refractivity contribution in [1.82, 2.24) is 0 Å². The van der Waals surface area contributed by atoms with Gasteiger partial charge in [0.25, 0.3) is 0 Å². The van der Waals surface area contributed by atoms with Gasteiger partial charge in [0.1, 0.15) is 5.75 Å². The molecule has 28 heavy (non-hydrogen) atoms. The van der Waals surface area contributed by atoms with E-state index in [9.17, 15) is 30.9 Å². The molecule has 2 nitrogen and oxygen atoms in total. The summed E-state index contributed by atoms with van der Waals surface area (Å²) in [5.41, 5.74) is -0.228. The molecule has 0 saturated carbocycles. The molecule has 0 radical (unpaired) electrons. The molecule has 0 N–H and O–H groups in total. The highest BCUT2D eigenvalue weighted by atomic mass is 35.5. The smallest absolute Gasteiger partial charge is 0.433 e. The Kier molecular flexibility index (Phi) is 7.41. The molecule has 11 heteroatoms. The Morgan fingerprint density at radius 2 is 1.54 bits per heavy atom. The molecule has 0 heterocycles. The number of benzene rings is 2. The topological polar surface area (TPSA) is 32.3 Å². The molecule has 0 spiro atoms. The van der Waals surface area contributed by atoms with E-state index in [1.54, 1.807) is 0 Å². The molecule has 1 unspecified atom stereocenters. The Balaban J connectivity index is 2.05. The fraction of sp³-hybridized carbons (Fsp3) is 0.294. The van der Waals surface area contributed by atoms with Crippen molar-refractivity contribution in [3.05, 3.63) is 57.6 Å². The Labute approximate surface area is 169 Å². The minimum absolute atomic E-state index is 0.00479. The van der Waals surface area contributed by atoms with Gasteiger partial charge in [0.15, 0.2) is 4.90 Å². The molecule has 0 aliphatic heterocycles. The van der Waals surface area contributed by atoms with Crippen molar-refractivity contribution in [3.8, 4) is 5.75 Å². The maximum atomic E-state index is 12.5. The standard InChI is InChI=1S/C17H12Cl2F6O2S/c18-12-7-13(19)15(28(26)9-16(20,21)22)8-14(12)27-6-5-10-1-3-11(4-2-10)17(23,24)25/h1-4,7-8H,5-6,9H2. The molecule has 2 aromatic rings. The molecule has 0 amide bonds. The van der Waals surface area contributed by atoms with Crippen LogP contribution in [0.5, 0.6) is 5.75 Å². The largest absolute Gasteiger partial charge is 0.611 e. The second-order valence-electron chi connectivity index (χ2n) is 5.61. The average molecular weight is 465 g/mol. The zero-order valence-electron chi connectivity index (χ0n) is 13.8. The molecular formula is C17H12Cl2F6O2S.